The van der Waals surface area contributed by atoms with E-state index in [1.54, 1.807) is 13.2 Å². The second-order valence-corrected chi connectivity index (χ2v) is 8.62. The molecule has 2 heterocycles. The van der Waals surface area contributed by atoms with Gasteiger partial charge in [-0.15, -0.1) is 0 Å². The van der Waals surface area contributed by atoms with E-state index < -0.39 is 0 Å². The van der Waals surface area contributed by atoms with Crippen LogP contribution in [0.25, 0.3) is 0 Å². The van der Waals surface area contributed by atoms with Crippen molar-refractivity contribution in [3.05, 3.63) is 22.7 Å². The molecule has 1 aromatic carbocycles. The second kappa shape index (κ2) is 11.0. The molecule has 0 spiro atoms. The highest BCUT2D eigenvalue weighted by molar-refractivity contribution is 6.33. The molecule has 3 N–H and O–H groups in total. The van der Waals surface area contributed by atoms with Crippen molar-refractivity contribution in [3.8, 4) is 5.75 Å². The Hall–Kier alpha value is -2.03. The number of hydrogen-bond acceptors (Lipinski definition) is 6. The maximum atomic E-state index is 12.9. The van der Waals surface area contributed by atoms with Crippen molar-refractivity contribution in [2.75, 3.05) is 52.7 Å². The highest BCUT2D eigenvalue weighted by atomic mass is 35.5. The molecule has 2 saturated heterocycles. The van der Waals surface area contributed by atoms with E-state index in [9.17, 15) is 9.59 Å². The van der Waals surface area contributed by atoms with Gasteiger partial charge in [0.05, 0.1) is 35.5 Å². The Bertz CT molecular complexity index is 785. The number of hydrogen-bond donors (Lipinski definition) is 2. The first kappa shape index (κ1) is 23.6. The lowest BCUT2D eigenvalue weighted by molar-refractivity contribution is -0.130. The summed E-state index contributed by atoms with van der Waals surface area (Å²) in [7, 11) is 3.15. The van der Waals surface area contributed by atoms with Crippen LogP contribution in [0.1, 0.15) is 42.5 Å². The minimum absolute atomic E-state index is 0.124. The number of benzene rings is 1. The molecule has 9 heteroatoms. The van der Waals surface area contributed by atoms with Crippen LogP contribution in [-0.4, -0.2) is 80.7 Å². The Kier molecular flexibility index (Phi) is 8.40. The van der Waals surface area contributed by atoms with Gasteiger partial charge in [-0.3, -0.25) is 9.59 Å². The van der Waals surface area contributed by atoms with Gasteiger partial charge in [-0.1, -0.05) is 11.6 Å². The monoisotopic (exact) mass is 452 g/mol. The van der Waals surface area contributed by atoms with E-state index >= 15 is 0 Å². The van der Waals surface area contributed by atoms with Gasteiger partial charge in [-0.05, 0) is 38.3 Å². The molecule has 8 nitrogen and oxygen atoms in total. The van der Waals surface area contributed by atoms with Gasteiger partial charge in [-0.25, -0.2) is 0 Å². The molecular weight excluding hydrogens is 420 g/mol. The van der Waals surface area contributed by atoms with E-state index in [2.05, 4.69) is 10.2 Å². The normalized spacial score (nSPS) is 21.8. The Morgan fingerprint density at radius 1 is 1.23 bits per heavy atom. The number of halogens is 1. The topological polar surface area (TPSA) is 97.1 Å². The Morgan fingerprint density at radius 3 is 2.65 bits per heavy atom. The summed E-state index contributed by atoms with van der Waals surface area (Å²) < 4.78 is 11.0. The van der Waals surface area contributed by atoms with Gasteiger partial charge in [0.2, 0.25) is 5.91 Å². The predicted octanol–water partition coefficient (Wildman–Crippen LogP) is 2.15. The number of nitrogens with two attached hydrogens (primary N) is 1. The summed E-state index contributed by atoms with van der Waals surface area (Å²) in [6.07, 6.45) is 4.29. The molecule has 2 amide bonds. The summed E-state index contributed by atoms with van der Waals surface area (Å²) in [5, 5.41) is 3.37. The summed E-state index contributed by atoms with van der Waals surface area (Å²) in [5.74, 6) is 0.378. The highest BCUT2D eigenvalue weighted by Gasteiger charge is 2.31. The van der Waals surface area contributed by atoms with Crippen LogP contribution >= 0.6 is 11.6 Å². The number of amides is 2. The van der Waals surface area contributed by atoms with Gasteiger partial charge in [0.1, 0.15) is 5.75 Å². The molecule has 2 atom stereocenters. The fourth-order valence-electron chi connectivity index (χ4n) is 4.33. The van der Waals surface area contributed by atoms with Crippen molar-refractivity contribution in [3.63, 3.8) is 0 Å². The number of likely N-dealkylation sites (tertiary alicyclic amines) is 2. The molecule has 2 fully saturated rings. The summed E-state index contributed by atoms with van der Waals surface area (Å²) in [5.41, 5.74) is 6.52. The van der Waals surface area contributed by atoms with Crippen LogP contribution in [0.15, 0.2) is 12.1 Å². The van der Waals surface area contributed by atoms with E-state index in [4.69, 9.17) is 26.8 Å². The molecule has 0 bridgehead atoms. The molecule has 31 heavy (non-hydrogen) atoms. The molecule has 2 aliphatic rings. The van der Waals surface area contributed by atoms with Crippen LogP contribution in [0.2, 0.25) is 5.02 Å². The smallest absolute Gasteiger partial charge is 0.255 e. The molecule has 0 aromatic heterocycles. The standard InChI is InChI=1S/C22H33ClN4O4/c1-30-19-13-17(24)16(23)12-15(19)22(29)25-18-7-11-26(14-20(18)31-2)8-5-6-21(28)27-9-3-4-10-27/h12-13,18,20H,3-11,14,24H2,1-2H3,(H,25,29)/t18-,20-/m0/s1. The zero-order valence-corrected chi connectivity index (χ0v) is 19.1. The molecule has 3 rings (SSSR count). The SMILES string of the molecule is COc1cc(N)c(Cl)cc1C(=O)N[C@H]1CCN(CCCC(=O)N2CCCC2)C[C@@H]1OC. The van der Waals surface area contributed by atoms with Crippen LogP contribution in [0.4, 0.5) is 5.69 Å². The number of rotatable bonds is 8. The lowest BCUT2D eigenvalue weighted by Crippen LogP contribution is -2.55. The lowest BCUT2D eigenvalue weighted by atomic mass is 10.0. The first-order valence-electron chi connectivity index (χ1n) is 10.9. The minimum atomic E-state index is -0.268. The largest absolute Gasteiger partial charge is 0.496 e. The quantitative estimate of drug-likeness (QED) is 0.586. The number of methoxy groups -OCH3 is 2. The van der Waals surface area contributed by atoms with Gasteiger partial charge in [0, 0.05) is 45.8 Å². The van der Waals surface area contributed by atoms with E-state index in [0.29, 0.717) is 35.0 Å². The lowest BCUT2D eigenvalue weighted by Gasteiger charge is -2.38. The Labute approximate surface area is 189 Å². The Morgan fingerprint density at radius 2 is 1.97 bits per heavy atom. The molecular formula is C22H33ClN4O4. The number of ether oxygens (including phenoxy) is 2. The van der Waals surface area contributed by atoms with Crippen molar-refractivity contribution < 1.29 is 19.1 Å². The fourth-order valence-corrected chi connectivity index (χ4v) is 4.49. The number of piperidine rings is 1. The maximum absolute atomic E-state index is 12.9. The van der Waals surface area contributed by atoms with E-state index in [0.717, 1.165) is 51.9 Å². The third-order valence-corrected chi connectivity index (χ3v) is 6.48. The van der Waals surface area contributed by atoms with Crippen molar-refractivity contribution >= 4 is 29.1 Å². The molecule has 0 aliphatic carbocycles. The zero-order chi connectivity index (χ0) is 22.4. The summed E-state index contributed by atoms with van der Waals surface area (Å²) in [6, 6.07) is 2.96. The first-order chi connectivity index (χ1) is 14.9. The zero-order valence-electron chi connectivity index (χ0n) is 18.4. The molecule has 2 aliphatic heterocycles. The van der Waals surface area contributed by atoms with Crippen LogP contribution in [0.3, 0.4) is 0 Å². The summed E-state index contributed by atoms with van der Waals surface area (Å²) in [4.78, 5) is 29.4. The highest BCUT2D eigenvalue weighted by Crippen LogP contribution is 2.29. The summed E-state index contributed by atoms with van der Waals surface area (Å²) >= 11 is 6.10. The third-order valence-electron chi connectivity index (χ3n) is 6.15. The van der Waals surface area contributed by atoms with Crippen LogP contribution in [-0.2, 0) is 9.53 Å². The number of nitrogens with zero attached hydrogens (tertiary/aromatic N) is 2. The van der Waals surface area contributed by atoms with Crippen LogP contribution < -0.4 is 15.8 Å². The first-order valence-corrected chi connectivity index (χ1v) is 11.3. The average Bonchev–Trinajstić information content (AvgIpc) is 3.31. The van der Waals surface area contributed by atoms with Gasteiger partial charge < -0.3 is 30.3 Å². The van der Waals surface area contributed by atoms with Crippen molar-refractivity contribution in [1.82, 2.24) is 15.1 Å². The van der Waals surface area contributed by atoms with Crippen molar-refractivity contribution in [1.29, 1.82) is 0 Å². The number of anilines is 1. The van der Waals surface area contributed by atoms with Crippen LogP contribution in [0.5, 0.6) is 5.75 Å². The van der Waals surface area contributed by atoms with E-state index in [-0.39, 0.29) is 24.0 Å². The van der Waals surface area contributed by atoms with Gasteiger partial charge in [0.15, 0.2) is 0 Å². The number of carbonyl (C=O) groups excluding carboxylic acids is 2. The van der Waals surface area contributed by atoms with Crippen molar-refractivity contribution in [2.24, 2.45) is 0 Å². The number of nitrogens with one attached hydrogen (secondary N) is 1. The van der Waals surface area contributed by atoms with Crippen molar-refractivity contribution in [2.45, 2.75) is 44.2 Å². The average molecular weight is 453 g/mol. The van der Waals surface area contributed by atoms with Gasteiger partial charge in [0.25, 0.3) is 5.91 Å². The molecule has 1 aromatic rings. The molecule has 0 radical (unpaired) electrons. The molecule has 0 unspecified atom stereocenters. The predicted molar refractivity (Wildman–Crippen MR) is 121 cm³/mol. The number of carbonyl (C=O) groups is 2. The third kappa shape index (κ3) is 6.02. The maximum Gasteiger partial charge on any atom is 0.255 e. The molecule has 172 valence electrons. The van der Waals surface area contributed by atoms with Gasteiger partial charge >= 0.3 is 0 Å². The van der Waals surface area contributed by atoms with Crippen LogP contribution in [0, 0.1) is 0 Å². The fraction of sp³-hybridized carbons (Fsp3) is 0.636. The number of nitrogen functional groups attached to an aromatic ring is 1. The van der Waals surface area contributed by atoms with E-state index in [1.165, 1.54) is 13.2 Å². The Balaban J connectivity index is 1.51. The summed E-state index contributed by atoms with van der Waals surface area (Å²) in [6.45, 7) is 4.20. The minimum Gasteiger partial charge on any atom is -0.496 e. The van der Waals surface area contributed by atoms with Gasteiger partial charge in [-0.2, -0.15) is 0 Å². The van der Waals surface area contributed by atoms with E-state index in [1.807, 2.05) is 4.90 Å². The molecule has 0 saturated carbocycles. The second-order valence-electron chi connectivity index (χ2n) is 8.21.